The Labute approximate surface area is 174 Å². The molecule has 1 aromatic heterocycles. The predicted molar refractivity (Wildman–Crippen MR) is 117 cm³/mol. The third-order valence-corrected chi connectivity index (χ3v) is 4.88. The highest BCUT2D eigenvalue weighted by molar-refractivity contribution is 5.86. The van der Waals surface area contributed by atoms with E-state index in [0.29, 0.717) is 22.0 Å². The quantitative estimate of drug-likeness (QED) is 0.513. The van der Waals surface area contributed by atoms with E-state index in [0.717, 1.165) is 11.3 Å². The molecule has 0 saturated carbocycles. The molecule has 5 heteroatoms. The maximum Gasteiger partial charge on any atom is 0.366 e. The summed E-state index contributed by atoms with van der Waals surface area (Å²) in [5, 5.41) is 19.6. The summed E-state index contributed by atoms with van der Waals surface area (Å²) in [5.41, 5.74) is 1.00. The monoisotopic (exact) mass is 396 g/mol. The van der Waals surface area contributed by atoms with Crippen LogP contribution in [0.3, 0.4) is 0 Å². The average Bonchev–Trinajstić information content (AvgIpc) is 2.80. The molecule has 2 N–H and O–H groups in total. The highest BCUT2D eigenvalue weighted by Crippen LogP contribution is 2.24. The number of nitrogens with one attached hydrogen (secondary N) is 1. The van der Waals surface area contributed by atoms with Crippen LogP contribution < -0.4 is 10.9 Å². The fourth-order valence-corrected chi connectivity index (χ4v) is 3.20. The molecule has 5 nitrogen and oxygen atoms in total. The summed E-state index contributed by atoms with van der Waals surface area (Å²) in [4.78, 5) is 11.9. The molecular formula is C25H20N2O3. The van der Waals surface area contributed by atoms with Crippen molar-refractivity contribution in [3.63, 3.8) is 0 Å². The highest BCUT2D eigenvalue weighted by atomic mass is 16.5. The highest BCUT2D eigenvalue weighted by Gasteiger charge is 2.26. The molecule has 0 saturated heterocycles. The lowest BCUT2D eigenvalue weighted by atomic mass is 9.93. The second kappa shape index (κ2) is 8.24. The first-order valence-electron chi connectivity index (χ1n) is 9.55. The molecule has 1 unspecified atom stereocenters. The first-order valence-corrected chi connectivity index (χ1v) is 9.55. The molecular weight excluding hydrogens is 376 g/mol. The van der Waals surface area contributed by atoms with Crippen molar-refractivity contribution in [2.45, 2.75) is 12.5 Å². The van der Waals surface area contributed by atoms with Crippen LogP contribution in [0.1, 0.15) is 16.8 Å². The van der Waals surface area contributed by atoms with Crippen LogP contribution >= 0.6 is 0 Å². The Morgan fingerprint density at radius 1 is 1.00 bits per heavy atom. The maximum absolute atomic E-state index is 11.9. The second-order valence-electron chi connectivity index (χ2n) is 7.01. The van der Waals surface area contributed by atoms with Crippen LogP contribution in [0.25, 0.3) is 10.8 Å². The van der Waals surface area contributed by atoms with Gasteiger partial charge in [0.1, 0.15) is 0 Å². The molecule has 0 amide bonds. The number of aryl methyl sites for hydroxylation is 1. The van der Waals surface area contributed by atoms with Gasteiger partial charge in [0.25, 0.3) is 0 Å². The van der Waals surface area contributed by atoms with Gasteiger partial charge in [-0.1, -0.05) is 65.5 Å². The van der Waals surface area contributed by atoms with Crippen molar-refractivity contribution < 1.29 is 9.63 Å². The molecule has 4 aromatic rings. The zero-order valence-electron chi connectivity index (χ0n) is 16.4. The Bertz CT molecular complexity index is 1290. The van der Waals surface area contributed by atoms with E-state index in [1.807, 2.05) is 66.7 Å². The number of aromatic nitrogens is 1. The summed E-state index contributed by atoms with van der Waals surface area (Å²) in [7, 11) is 0. The Morgan fingerprint density at radius 3 is 2.43 bits per heavy atom. The van der Waals surface area contributed by atoms with Crippen LogP contribution in [0.5, 0.6) is 0 Å². The largest absolute Gasteiger partial charge is 0.381 e. The van der Waals surface area contributed by atoms with Crippen molar-refractivity contribution in [2.24, 2.45) is 0 Å². The standard InChI is InChI=1S/C25H20N2O3/c1-18-23-16-21(12-13-22(23)24(28)30-27-18)26-17-25(29,20-10-6-3-7-11-20)15-14-19-8-4-2-5-9-19/h2-13,16,26,29H,17H2,1H3. The van der Waals surface area contributed by atoms with Gasteiger partial charge in [0.15, 0.2) is 5.60 Å². The Morgan fingerprint density at radius 2 is 1.70 bits per heavy atom. The zero-order chi connectivity index (χ0) is 21.0. The number of fused-ring (bicyclic) bond motifs is 1. The molecule has 0 bridgehead atoms. The molecule has 148 valence electrons. The van der Waals surface area contributed by atoms with E-state index in [9.17, 15) is 9.90 Å². The third kappa shape index (κ3) is 4.09. The number of nitrogens with zero attached hydrogens (tertiary/aromatic N) is 1. The van der Waals surface area contributed by atoms with Gasteiger partial charge in [-0.15, -0.1) is 0 Å². The van der Waals surface area contributed by atoms with Crippen molar-refractivity contribution in [3.05, 3.63) is 106 Å². The summed E-state index contributed by atoms with van der Waals surface area (Å²) >= 11 is 0. The van der Waals surface area contributed by atoms with Gasteiger partial charge in [0.2, 0.25) is 0 Å². The molecule has 0 aliphatic heterocycles. The topological polar surface area (TPSA) is 75.4 Å². The minimum atomic E-state index is -1.41. The number of aliphatic hydroxyl groups is 1. The van der Waals surface area contributed by atoms with Crippen LogP contribution in [-0.4, -0.2) is 16.8 Å². The van der Waals surface area contributed by atoms with Crippen LogP contribution in [-0.2, 0) is 5.60 Å². The lowest BCUT2D eigenvalue weighted by molar-refractivity contribution is 0.115. The van der Waals surface area contributed by atoms with E-state index in [1.54, 1.807) is 19.1 Å². The maximum atomic E-state index is 11.9. The van der Waals surface area contributed by atoms with Gasteiger partial charge >= 0.3 is 5.63 Å². The smallest absolute Gasteiger partial charge is 0.366 e. The number of hydrogen-bond acceptors (Lipinski definition) is 5. The van der Waals surface area contributed by atoms with Crippen LogP contribution in [0.15, 0.2) is 88.2 Å². The van der Waals surface area contributed by atoms with Gasteiger partial charge in [-0.05, 0) is 42.8 Å². The van der Waals surface area contributed by atoms with Gasteiger partial charge in [-0.3, -0.25) is 0 Å². The number of rotatable bonds is 4. The first-order chi connectivity index (χ1) is 14.5. The minimum Gasteiger partial charge on any atom is -0.381 e. The fourth-order valence-electron chi connectivity index (χ4n) is 3.20. The average molecular weight is 396 g/mol. The van der Waals surface area contributed by atoms with Gasteiger partial charge in [0, 0.05) is 16.6 Å². The van der Waals surface area contributed by atoms with Gasteiger partial charge in [-0.2, -0.15) is 0 Å². The van der Waals surface area contributed by atoms with E-state index in [2.05, 4.69) is 22.3 Å². The summed E-state index contributed by atoms with van der Waals surface area (Å²) in [6.07, 6.45) is 0. The van der Waals surface area contributed by atoms with Crippen molar-refractivity contribution in [1.29, 1.82) is 0 Å². The minimum absolute atomic E-state index is 0.163. The SMILES string of the molecule is Cc1noc(=O)c2ccc(NCC(O)(C#Cc3ccccc3)c3ccccc3)cc12. The fraction of sp³-hybridized carbons (Fsp3) is 0.120. The van der Waals surface area contributed by atoms with Gasteiger partial charge in [-0.25, -0.2) is 4.79 Å². The van der Waals surface area contributed by atoms with Crippen molar-refractivity contribution in [1.82, 2.24) is 5.16 Å². The second-order valence-corrected chi connectivity index (χ2v) is 7.01. The third-order valence-electron chi connectivity index (χ3n) is 4.88. The predicted octanol–water partition coefficient (Wildman–Crippen LogP) is 3.85. The van der Waals surface area contributed by atoms with E-state index >= 15 is 0 Å². The Kier molecular flexibility index (Phi) is 5.34. The lowest BCUT2D eigenvalue weighted by Gasteiger charge is -2.24. The number of hydrogen-bond donors (Lipinski definition) is 2. The van der Waals surface area contributed by atoms with Crippen LogP contribution in [0.2, 0.25) is 0 Å². The molecule has 3 aromatic carbocycles. The molecule has 0 aliphatic carbocycles. The molecule has 0 fully saturated rings. The molecule has 1 atom stereocenters. The number of anilines is 1. The summed E-state index contributed by atoms with van der Waals surface area (Å²) in [5.74, 6) is 6.08. The Balaban J connectivity index is 1.66. The number of benzene rings is 3. The molecule has 4 rings (SSSR count). The summed E-state index contributed by atoms with van der Waals surface area (Å²) in [6.45, 7) is 1.94. The van der Waals surface area contributed by atoms with E-state index in [1.165, 1.54) is 0 Å². The van der Waals surface area contributed by atoms with Crippen LogP contribution in [0.4, 0.5) is 5.69 Å². The van der Waals surface area contributed by atoms with Crippen LogP contribution in [0, 0.1) is 18.8 Å². The van der Waals surface area contributed by atoms with E-state index < -0.39 is 11.2 Å². The van der Waals surface area contributed by atoms with Crippen molar-refractivity contribution in [3.8, 4) is 11.8 Å². The molecule has 0 aliphatic rings. The molecule has 30 heavy (non-hydrogen) atoms. The summed E-state index contributed by atoms with van der Waals surface area (Å²) in [6, 6.07) is 24.2. The van der Waals surface area contributed by atoms with Gasteiger partial charge in [0.05, 0.1) is 17.6 Å². The van der Waals surface area contributed by atoms with E-state index in [-0.39, 0.29) is 6.54 Å². The van der Waals surface area contributed by atoms with Crippen molar-refractivity contribution >= 4 is 16.5 Å². The van der Waals surface area contributed by atoms with Gasteiger partial charge < -0.3 is 14.9 Å². The molecule has 1 heterocycles. The zero-order valence-corrected chi connectivity index (χ0v) is 16.4. The van der Waals surface area contributed by atoms with E-state index in [4.69, 9.17) is 4.52 Å². The normalized spacial score (nSPS) is 12.6. The lowest BCUT2D eigenvalue weighted by Crippen LogP contribution is -2.32. The summed E-state index contributed by atoms with van der Waals surface area (Å²) < 4.78 is 4.77. The molecule has 0 radical (unpaired) electrons. The Hall–Kier alpha value is -3.88. The first kappa shape index (κ1) is 19.4. The molecule has 0 spiro atoms. The van der Waals surface area contributed by atoms with Crippen molar-refractivity contribution in [2.75, 3.05) is 11.9 Å².